The first kappa shape index (κ1) is 14.1. The van der Waals surface area contributed by atoms with Crippen molar-refractivity contribution in [3.05, 3.63) is 52.7 Å². The first-order valence-corrected chi connectivity index (χ1v) is 7.57. The van der Waals surface area contributed by atoms with Crippen LogP contribution in [0.4, 0.5) is 0 Å². The smallest absolute Gasteiger partial charge is 0.219 e. The minimum atomic E-state index is 0.658. The third-order valence-corrected chi connectivity index (χ3v) is 4.03. The molecule has 0 spiro atoms. The van der Waals surface area contributed by atoms with E-state index in [1.165, 1.54) is 29.5 Å². The number of pyridine rings is 1. The van der Waals surface area contributed by atoms with Crippen LogP contribution in [0, 0.1) is 20.8 Å². The zero-order chi connectivity index (χ0) is 14.8. The molecule has 0 unspecified atom stereocenters. The quantitative estimate of drug-likeness (QED) is 0.898. The highest BCUT2D eigenvalue weighted by molar-refractivity contribution is 5.36. The van der Waals surface area contributed by atoms with E-state index in [0.29, 0.717) is 5.88 Å². The van der Waals surface area contributed by atoms with Gasteiger partial charge in [-0.2, -0.15) is 0 Å². The largest absolute Gasteiger partial charge is 0.439 e. The second kappa shape index (κ2) is 5.86. The van der Waals surface area contributed by atoms with Crippen LogP contribution in [0.25, 0.3) is 0 Å². The lowest BCUT2D eigenvalue weighted by Crippen LogP contribution is -2.16. The van der Waals surface area contributed by atoms with Crippen LogP contribution in [-0.4, -0.2) is 11.0 Å². The summed E-state index contributed by atoms with van der Waals surface area (Å²) in [7, 11) is 0. The van der Waals surface area contributed by atoms with Crippen LogP contribution >= 0.6 is 0 Å². The summed E-state index contributed by atoms with van der Waals surface area (Å²) in [4.78, 5) is 4.56. The molecular formula is C18H22N2O. The van der Waals surface area contributed by atoms with E-state index in [4.69, 9.17) is 4.74 Å². The number of hydrogen-bond acceptors (Lipinski definition) is 3. The van der Waals surface area contributed by atoms with Crippen molar-refractivity contribution in [1.29, 1.82) is 0 Å². The molecule has 21 heavy (non-hydrogen) atoms. The highest BCUT2D eigenvalue weighted by atomic mass is 16.5. The molecule has 1 aliphatic rings. The van der Waals surface area contributed by atoms with Crippen molar-refractivity contribution in [3.63, 3.8) is 0 Å². The van der Waals surface area contributed by atoms with Crippen molar-refractivity contribution in [2.75, 3.05) is 0 Å². The van der Waals surface area contributed by atoms with Gasteiger partial charge >= 0.3 is 0 Å². The van der Waals surface area contributed by atoms with Gasteiger partial charge in [0.2, 0.25) is 5.88 Å². The Hall–Kier alpha value is -1.87. The van der Waals surface area contributed by atoms with E-state index >= 15 is 0 Å². The first-order valence-electron chi connectivity index (χ1n) is 7.57. The molecule has 110 valence electrons. The average molecular weight is 282 g/mol. The maximum absolute atomic E-state index is 5.86. The molecule has 1 saturated carbocycles. The fourth-order valence-corrected chi connectivity index (χ4v) is 2.25. The molecule has 1 N–H and O–H groups in total. The summed E-state index contributed by atoms with van der Waals surface area (Å²) >= 11 is 0. The Morgan fingerprint density at radius 3 is 2.57 bits per heavy atom. The lowest BCUT2D eigenvalue weighted by Gasteiger charge is -2.10. The second-order valence-electron chi connectivity index (χ2n) is 5.90. The van der Waals surface area contributed by atoms with Gasteiger partial charge in [-0.1, -0.05) is 12.1 Å². The van der Waals surface area contributed by atoms with E-state index in [1.807, 2.05) is 19.1 Å². The van der Waals surface area contributed by atoms with E-state index in [2.05, 4.69) is 42.3 Å². The van der Waals surface area contributed by atoms with Crippen molar-refractivity contribution >= 4 is 0 Å². The Bertz CT molecular complexity index is 648. The molecule has 0 amide bonds. The van der Waals surface area contributed by atoms with Crippen LogP contribution in [0.2, 0.25) is 0 Å². The average Bonchev–Trinajstić information content (AvgIpc) is 3.26. The van der Waals surface area contributed by atoms with Gasteiger partial charge in [-0.25, -0.2) is 4.98 Å². The number of hydrogen-bond donors (Lipinski definition) is 1. The van der Waals surface area contributed by atoms with Gasteiger partial charge in [0, 0.05) is 24.3 Å². The summed E-state index contributed by atoms with van der Waals surface area (Å²) in [5, 5.41) is 3.52. The van der Waals surface area contributed by atoms with Crippen LogP contribution in [0.5, 0.6) is 11.6 Å². The summed E-state index contributed by atoms with van der Waals surface area (Å²) in [5.41, 5.74) is 4.78. The monoisotopic (exact) mass is 282 g/mol. The molecule has 0 saturated heterocycles. The minimum absolute atomic E-state index is 0.658. The standard InChI is InChI=1S/C18H22N2O/c1-12-4-8-17(10-13(12)2)21-18-9-5-15(14(3)20-18)11-19-16-6-7-16/h4-5,8-10,16,19H,6-7,11H2,1-3H3. The highest BCUT2D eigenvalue weighted by Gasteiger charge is 2.20. The number of aryl methyl sites for hydroxylation is 3. The molecule has 2 aromatic rings. The van der Waals surface area contributed by atoms with E-state index in [-0.39, 0.29) is 0 Å². The van der Waals surface area contributed by atoms with E-state index in [1.54, 1.807) is 0 Å². The van der Waals surface area contributed by atoms with Gasteiger partial charge in [0.15, 0.2) is 0 Å². The Balaban J connectivity index is 1.70. The minimum Gasteiger partial charge on any atom is -0.439 e. The van der Waals surface area contributed by atoms with Gasteiger partial charge in [-0.3, -0.25) is 0 Å². The predicted octanol–water partition coefficient (Wildman–Crippen LogP) is 4.05. The van der Waals surface area contributed by atoms with Gasteiger partial charge in [0.05, 0.1) is 0 Å². The molecule has 3 rings (SSSR count). The molecule has 0 bridgehead atoms. The molecule has 0 atom stereocenters. The normalized spacial score (nSPS) is 14.2. The summed E-state index contributed by atoms with van der Waals surface area (Å²) in [6, 6.07) is 10.9. The van der Waals surface area contributed by atoms with Crippen LogP contribution in [0.15, 0.2) is 30.3 Å². The Labute approximate surface area is 126 Å². The van der Waals surface area contributed by atoms with Crippen molar-refractivity contribution < 1.29 is 4.74 Å². The molecule has 1 fully saturated rings. The van der Waals surface area contributed by atoms with Gasteiger partial charge in [-0.15, -0.1) is 0 Å². The number of nitrogens with one attached hydrogen (secondary N) is 1. The predicted molar refractivity (Wildman–Crippen MR) is 84.8 cm³/mol. The highest BCUT2D eigenvalue weighted by Crippen LogP contribution is 2.24. The lowest BCUT2D eigenvalue weighted by atomic mass is 10.1. The van der Waals surface area contributed by atoms with Crippen molar-refractivity contribution in [1.82, 2.24) is 10.3 Å². The van der Waals surface area contributed by atoms with Crippen molar-refractivity contribution in [3.8, 4) is 11.6 Å². The molecule has 1 aromatic carbocycles. The summed E-state index contributed by atoms with van der Waals surface area (Å²) in [5.74, 6) is 1.50. The zero-order valence-electron chi connectivity index (χ0n) is 12.9. The van der Waals surface area contributed by atoms with Gasteiger partial charge in [0.1, 0.15) is 5.75 Å². The van der Waals surface area contributed by atoms with E-state index in [0.717, 1.165) is 24.0 Å². The number of benzene rings is 1. The van der Waals surface area contributed by atoms with Gasteiger partial charge in [-0.05, 0) is 62.4 Å². The third-order valence-electron chi connectivity index (χ3n) is 4.03. The molecule has 3 heteroatoms. The molecular weight excluding hydrogens is 260 g/mol. The first-order chi connectivity index (χ1) is 10.1. The summed E-state index contributed by atoms with van der Waals surface area (Å²) < 4.78 is 5.86. The molecule has 3 nitrogen and oxygen atoms in total. The fraction of sp³-hybridized carbons (Fsp3) is 0.389. The molecule has 1 aliphatic carbocycles. The SMILES string of the molecule is Cc1ccc(Oc2ccc(CNC3CC3)c(C)n2)cc1C. The van der Waals surface area contributed by atoms with Gasteiger partial charge < -0.3 is 10.1 Å². The molecule has 1 heterocycles. The van der Waals surface area contributed by atoms with Crippen LogP contribution in [-0.2, 0) is 6.54 Å². The Kier molecular flexibility index (Phi) is 3.93. The number of rotatable bonds is 5. The Morgan fingerprint density at radius 1 is 1.10 bits per heavy atom. The fourth-order valence-electron chi connectivity index (χ4n) is 2.25. The van der Waals surface area contributed by atoms with Crippen molar-refractivity contribution in [2.24, 2.45) is 0 Å². The molecule has 1 aromatic heterocycles. The maximum Gasteiger partial charge on any atom is 0.219 e. The number of ether oxygens (including phenoxy) is 1. The van der Waals surface area contributed by atoms with Gasteiger partial charge in [0.25, 0.3) is 0 Å². The van der Waals surface area contributed by atoms with Crippen LogP contribution in [0.1, 0.15) is 35.2 Å². The number of nitrogens with zero attached hydrogens (tertiary/aromatic N) is 1. The van der Waals surface area contributed by atoms with Crippen LogP contribution < -0.4 is 10.1 Å². The Morgan fingerprint density at radius 2 is 1.90 bits per heavy atom. The third kappa shape index (κ3) is 3.61. The zero-order valence-corrected chi connectivity index (χ0v) is 12.9. The topological polar surface area (TPSA) is 34.1 Å². The maximum atomic E-state index is 5.86. The summed E-state index contributed by atoms with van der Waals surface area (Å²) in [6.07, 6.45) is 2.61. The molecule has 0 aliphatic heterocycles. The number of aromatic nitrogens is 1. The lowest BCUT2D eigenvalue weighted by molar-refractivity contribution is 0.460. The van der Waals surface area contributed by atoms with Crippen molar-refractivity contribution in [2.45, 2.75) is 46.2 Å². The van der Waals surface area contributed by atoms with E-state index < -0.39 is 0 Å². The second-order valence-corrected chi connectivity index (χ2v) is 5.90. The summed E-state index contributed by atoms with van der Waals surface area (Å²) in [6.45, 7) is 7.13. The van der Waals surface area contributed by atoms with E-state index in [9.17, 15) is 0 Å². The van der Waals surface area contributed by atoms with Crippen LogP contribution in [0.3, 0.4) is 0 Å². The molecule has 0 radical (unpaired) electrons.